The van der Waals surface area contributed by atoms with E-state index in [0.29, 0.717) is 26.1 Å². The van der Waals surface area contributed by atoms with Crippen molar-refractivity contribution in [3.05, 3.63) is 35.4 Å². The molecule has 1 aromatic carbocycles. The standard InChI is InChI=1S/C15H19F5N2O/c16-14(17)23-10-13-9-22(8-6-21-13)7-5-11-1-3-12(4-2-11)15(18,19)20/h1-4,13-14,21H,5-10H2. The third kappa shape index (κ3) is 6.04. The molecule has 1 aromatic rings. The molecule has 1 N–H and O–H groups in total. The highest BCUT2D eigenvalue weighted by Crippen LogP contribution is 2.29. The number of benzene rings is 1. The number of ether oxygens (including phenoxy) is 1. The maximum absolute atomic E-state index is 12.5. The number of halogens is 5. The SMILES string of the molecule is FC(F)OCC1CN(CCc2ccc(C(F)(F)F)cc2)CCN1. The van der Waals surface area contributed by atoms with Gasteiger partial charge in [0.2, 0.25) is 0 Å². The molecule has 1 saturated heterocycles. The van der Waals surface area contributed by atoms with Gasteiger partial charge in [0.25, 0.3) is 0 Å². The molecule has 1 fully saturated rings. The van der Waals surface area contributed by atoms with E-state index in [2.05, 4.69) is 15.0 Å². The molecule has 0 saturated carbocycles. The van der Waals surface area contributed by atoms with Crippen LogP contribution in [0.15, 0.2) is 24.3 Å². The van der Waals surface area contributed by atoms with Gasteiger partial charge >= 0.3 is 12.8 Å². The lowest BCUT2D eigenvalue weighted by atomic mass is 10.1. The minimum atomic E-state index is -4.32. The molecule has 0 spiro atoms. The van der Waals surface area contributed by atoms with Crippen molar-refractivity contribution in [1.29, 1.82) is 0 Å². The van der Waals surface area contributed by atoms with E-state index in [1.807, 2.05) is 0 Å². The highest BCUT2D eigenvalue weighted by Gasteiger charge is 2.30. The highest BCUT2D eigenvalue weighted by atomic mass is 19.4. The number of nitrogens with one attached hydrogen (secondary N) is 1. The first kappa shape index (κ1) is 18.1. The zero-order valence-electron chi connectivity index (χ0n) is 12.5. The Balaban J connectivity index is 1.78. The van der Waals surface area contributed by atoms with Crippen LogP contribution in [0.3, 0.4) is 0 Å². The molecule has 3 nitrogen and oxygen atoms in total. The van der Waals surface area contributed by atoms with Crippen LogP contribution in [0.4, 0.5) is 22.0 Å². The van der Waals surface area contributed by atoms with E-state index in [1.54, 1.807) is 0 Å². The lowest BCUT2D eigenvalue weighted by molar-refractivity contribution is -0.137. The van der Waals surface area contributed by atoms with Crippen molar-refractivity contribution in [2.75, 3.05) is 32.8 Å². The van der Waals surface area contributed by atoms with Gasteiger partial charge in [-0.3, -0.25) is 0 Å². The van der Waals surface area contributed by atoms with Gasteiger partial charge < -0.3 is 15.0 Å². The molecule has 130 valence electrons. The molecular weight excluding hydrogens is 319 g/mol. The fourth-order valence-electron chi connectivity index (χ4n) is 2.55. The van der Waals surface area contributed by atoms with Gasteiger partial charge in [-0.2, -0.15) is 22.0 Å². The van der Waals surface area contributed by atoms with Crippen LogP contribution in [-0.2, 0) is 17.3 Å². The summed E-state index contributed by atoms with van der Waals surface area (Å²) in [6.07, 6.45) is -3.71. The summed E-state index contributed by atoms with van der Waals surface area (Å²) in [6, 6.07) is 4.94. The van der Waals surface area contributed by atoms with E-state index in [0.717, 1.165) is 24.2 Å². The second-order valence-electron chi connectivity index (χ2n) is 5.49. The molecule has 1 heterocycles. The molecular formula is C15H19F5N2O. The Morgan fingerprint density at radius 3 is 2.52 bits per heavy atom. The summed E-state index contributed by atoms with van der Waals surface area (Å²) in [5, 5.41) is 3.10. The van der Waals surface area contributed by atoms with Crippen LogP contribution in [-0.4, -0.2) is 50.3 Å². The molecule has 1 aliphatic rings. The number of piperazine rings is 1. The average Bonchev–Trinajstić information content (AvgIpc) is 2.51. The Morgan fingerprint density at radius 1 is 1.22 bits per heavy atom. The Bertz CT molecular complexity index is 478. The third-order valence-corrected chi connectivity index (χ3v) is 3.76. The zero-order chi connectivity index (χ0) is 16.9. The topological polar surface area (TPSA) is 24.5 Å². The molecule has 23 heavy (non-hydrogen) atoms. The van der Waals surface area contributed by atoms with Gasteiger partial charge in [0.05, 0.1) is 12.2 Å². The fraction of sp³-hybridized carbons (Fsp3) is 0.600. The summed E-state index contributed by atoms with van der Waals surface area (Å²) >= 11 is 0. The summed E-state index contributed by atoms with van der Waals surface area (Å²) in [7, 11) is 0. The minimum absolute atomic E-state index is 0.0611. The molecule has 0 aliphatic carbocycles. The molecule has 8 heteroatoms. The first-order valence-electron chi connectivity index (χ1n) is 7.36. The van der Waals surface area contributed by atoms with E-state index in [9.17, 15) is 22.0 Å². The van der Waals surface area contributed by atoms with Gasteiger partial charge in [-0.05, 0) is 24.1 Å². The van der Waals surface area contributed by atoms with E-state index < -0.39 is 18.4 Å². The van der Waals surface area contributed by atoms with E-state index in [-0.39, 0.29) is 12.6 Å². The van der Waals surface area contributed by atoms with Crippen molar-refractivity contribution in [2.45, 2.75) is 25.3 Å². The smallest absolute Gasteiger partial charge is 0.321 e. The normalized spacial score (nSPS) is 20.2. The quantitative estimate of drug-likeness (QED) is 0.808. The van der Waals surface area contributed by atoms with Crippen LogP contribution in [0.1, 0.15) is 11.1 Å². The van der Waals surface area contributed by atoms with Crippen LogP contribution in [0.5, 0.6) is 0 Å². The second kappa shape index (κ2) is 8.03. The summed E-state index contributed by atoms with van der Waals surface area (Å²) in [5.41, 5.74) is 0.157. The Hall–Kier alpha value is -1.25. The molecule has 0 aromatic heterocycles. The number of hydrogen-bond donors (Lipinski definition) is 1. The van der Waals surface area contributed by atoms with E-state index in [1.165, 1.54) is 12.1 Å². The van der Waals surface area contributed by atoms with Crippen LogP contribution in [0, 0.1) is 0 Å². The third-order valence-electron chi connectivity index (χ3n) is 3.76. The number of nitrogens with zero attached hydrogens (tertiary/aromatic N) is 1. The van der Waals surface area contributed by atoms with Crippen molar-refractivity contribution in [3.8, 4) is 0 Å². The molecule has 1 aliphatic heterocycles. The van der Waals surface area contributed by atoms with E-state index >= 15 is 0 Å². The van der Waals surface area contributed by atoms with Crippen LogP contribution < -0.4 is 5.32 Å². The lowest BCUT2D eigenvalue weighted by Crippen LogP contribution is -2.53. The number of hydrogen-bond acceptors (Lipinski definition) is 3. The molecule has 0 bridgehead atoms. The van der Waals surface area contributed by atoms with Gasteiger partial charge in [-0.25, -0.2) is 0 Å². The van der Waals surface area contributed by atoms with Gasteiger partial charge in [-0.15, -0.1) is 0 Å². The second-order valence-corrected chi connectivity index (χ2v) is 5.49. The molecule has 0 radical (unpaired) electrons. The lowest BCUT2D eigenvalue weighted by Gasteiger charge is -2.33. The predicted octanol–water partition coefficient (Wildman–Crippen LogP) is 2.76. The average molecular weight is 338 g/mol. The molecule has 0 amide bonds. The Morgan fingerprint density at radius 2 is 1.91 bits per heavy atom. The number of rotatable bonds is 6. The summed E-state index contributed by atoms with van der Waals surface area (Å²) in [5.74, 6) is 0. The largest absolute Gasteiger partial charge is 0.416 e. The summed E-state index contributed by atoms with van der Waals surface area (Å²) < 4.78 is 65.8. The van der Waals surface area contributed by atoms with E-state index in [4.69, 9.17) is 0 Å². The van der Waals surface area contributed by atoms with Crippen LogP contribution in [0.2, 0.25) is 0 Å². The van der Waals surface area contributed by atoms with Crippen molar-refractivity contribution in [2.24, 2.45) is 0 Å². The first-order chi connectivity index (χ1) is 10.8. The maximum atomic E-state index is 12.5. The zero-order valence-corrected chi connectivity index (χ0v) is 12.5. The molecule has 1 atom stereocenters. The van der Waals surface area contributed by atoms with Gasteiger partial charge in [-0.1, -0.05) is 12.1 Å². The fourth-order valence-corrected chi connectivity index (χ4v) is 2.55. The maximum Gasteiger partial charge on any atom is 0.416 e. The van der Waals surface area contributed by atoms with Crippen molar-refractivity contribution >= 4 is 0 Å². The molecule has 2 rings (SSSR count). The van der Waals surface area contributed by atoms with Crippen LogP contribution >= 0.6 is 0 Å². The first-order valence-corrected chi connectivity index (χ1v) is 7.36. The van der Waals surface area contributed by atoms with Crippen LogP contribution in [0.25, 0.3) is 0 Å². The molecule has 1 unspecified atom stereocenters. The number of alkyl halides is 5. The monoisotopic (exact) mass is 338 g/mol. The predicted molar refractivity (Wildman–Crippen MR) is 75.3 cm³/mol. The van der Waals surface area contributed by atoms with Gasteiger partial charge in [0.15, 0.2) is 0 Å². The van der Waals surface area contributed by atoms with Gasteiger partial charge in [0, 0.05) is 32.2 Å². The summed E-state index contributed by atoms with van der Waals surface area (Å²) in [4.78, 5) is 2.09. The van der Waals surface area contributed by atoms with Crippen molar-refractivity contribution < 1.29 is 26.7 Å². The van der Waals surface area contributed by atoms with Crippen molar-refractivity contribution in [1.82, 2.24) is 10.2 Å². The Labute approximate surface area is 131 Å². The highest BCUT2D eigenvalue weighted by molar-refractivity contribution is 5.24. The summed E-state index contributed by atoms with van der Waals surface area (Å²) in [6.45, 7) is -0.157. The van der Waals surface area contributed by atoms with Gasteiger partial charge in [0.1, 0.15) is 0 Å². The Kier molecular flexibility index (Phi) is 6.32. The minimum Gasteiger partial charge on any atom is -0.321 e. The van der Waals surface area contributed by atoms with Crippen molar-refractivity contribution in [3.63, 3.8) is 0 Å².